The van der Waals surface area contributed by atoms with Crippen molar-refractivity contribution < 1.29 is 14.6 Å². The predicted octanol–water partition coefficient (Wildman–Crippen LogP) is 8.17. The highest BCUT2D eigenvalue weighted by Gasteiger charge is 2.22. The largest absolute Gasteiger partial charge is 0.489 e. The Morgan fingerprint density at radius 3 is 2.21 bits per heavy atom. The highest BCUT2D eigenvalue weighted by atomic mass is 16.5. The fourth-order valence-corrected chi connectivity index (χ4v) is 4.98. The molecule has 3 aromatic rings. The van der Waals surface area contributed by atoms with Crippen LogP contribution in [0.15, 0.2) is 84.9 Å². The summed E-state index contributed by atoms with van der Waals surface area (Å²) >= 11 is 0. The Bertz CT molecular complexity index is 1130. The van der Waals surface area contributed by atoms with Crippen LogP contribution in [0, 0.1) is 0 Å². The quantitative estimate of drug-likeness (QED) is 0.208. The molecule has 1 unspecified atom stereocenters. The van der Waals surface area contributed by atoms with Crippen molar-refractivity contribution in [1.29, 1.82) is 0 Å². The SMILES string of the molecule is CC(C)N(CCC(c1ccccc1)c1cc(C=CCCCC(=O)O)ccc1OCc1ccccc1)C(C)C. The second kappa shape index (κ2) is 15.1. The standard InChI is InChI=1S/C34H43NO3/c1-26(2)35(27(3)4)23-22-31(30-17-11-7-12-18-30)32-24-28(14-8-6-13-19-34(36)37)20-21-33(32)38-25-29-15-9-5-10-16-29/h5,7-12,14-18,20-21,24,26-27,31H,6,13,19,22-23,25H2,1-4H3,(H,36,37). The van der Waals surface area contributed by atoms with Crippen molar-refractivity contribution in [3.05, 3.63) is 107 Å². The van der Waals surface area contributed by atoms with Crippen LogP contribution >= 0.6 is 0 Å². The molecule has 0 amide bonds. The molecule has 0 aromatic heterocycles. The number of allylic oxidation sites excluding steroid dienone is 1. The first-order valence-electron chi connectivity index (χ1n) is 13.8. The maximum atomic E-state index is 10.8. The molecule has 1 N–H and O–H groups in total. The van der Waals surface area contributed by atoms with Crippen LogP contribution in [-0.2, 0) is 11.4 Å². The summed E-state index contributed by atoms with van der Waals surface area (Å²) in [6.45, 7) is 10.6. The van der Waals surface area contributed by atoms with Crippen LogP contribution in [0.1, 0.15) is 81.5 Å². The van der Waals surface area contributed by atoms with Gasteiger partial charge in [0.25, 0.3) is 0 Å². The first-order chi connectivity index (χ1) is 18.3. The van der Waals surface area contributed by atoms with Crippen LogP contribution in [0.5, 0.6) is 5.75 Å². The first-order valence-corrected chi connectivity index (χ1v) is 13.8. The molecule has 202 valence electrons. The number of nitrogens with zero attached hydrogens (tertiary/aromatic N) is 1. The number of carboxylic acid groups (broad SMARTS) is 1. The highest BCUT2D eigenvalue weighted by Crippen LogP contribution is 2.36. The van der Waals surface area contributed by atoms with Crippen LogP contribution in [0.4, 0.5) is 0 Å². The fourth-order valence-electron chi connectivity index (χ4n) is 4.98. The van der Waals surface area contributed by atoms with E-state index in [9.17, 15) is 4.79 Å². The van der Waals surface area contributed by atoms with Crippen LogP contribution < -0.4 is 4.74 Å². The minimum Gasteiger partial charge on any atom is -0.489 e. The summed E-state index contributed by atoms with van der Waals surface area (Å²) in [6, 6.07) is 28.4. The van der Waals surface area contributed by atoms with Gasteiger partial charge in [0.1, 0.15) is 12.4 Å². The van der Waals surface area contributed by atoms with Crippen molar-refractivity contribution in [3.63, 3.8) is 0 Å². The van der Waals surface area contributed by atoms with Gasteiger partial charge in [-0.25, -0.2) is 0 Å². The van der Waals surface area contributed by atoms with E-state index < -0.39 is 5.97 Å². The lowest BCUT2D eigenvalue weighted by Gasteiger charge is -2.32. The van der Waals surface area contributed by atoms with Crippen LogP contribution in [0.3, 0.4) is 0 Å². The Morgan fingerprint density at radius 2 is 1.58 bits per heavy atom. The molecule has 0 bridgehead atoms. The van der Waals surface area contributed by atoms with Gasteiger partial charge >= 0.3 is 5.97 Å². The maximum absolute atomic E-state index is 10.8. The molecule has 0 heterocycles. The van der Waals surface area contributed by atoms with Crippen LogP contribution in [-0.4, -0.2) is 34.6 Å². The van der Waals surface area contributed by atoms with Crippen molar-refractivity contribution in [1.82, 2.24) is 4.90 Å². The van der Waals surface area contributed by atoms with Crippen molar-refractivity contribution in [3.8, 4) is 5.75 Å². The third kappa shape index (κ3) is 9.18. The summed E-state index contributed by atoms with van der Waals surface area (Å²) in [5, 5.41) is 8.92. The number of benzene rings is 3. The van der Waals surface area contributed by atoms with Crippen LogP contribution in [0.2, 0.25) is 0 Å². The molecule has 3 rings (SSSR count). The molecular weight excluding hydrogens is 470 g/mol. The Labute approximate surface area is 229 Å². The van der Waals surface area contributed by atoms with Gasteiger partial charge in [-0.3, -0.25) is 9.69 Å². The van der Waals surface area contributed by atoms with E-state index in [1.807, 2.05) is 18.2 Å². The van der Waals surface area contributed by atoms with E-state index in [4.69, 9.17) is 9.84 Å². The lowest BCUT2D eigenvalue weighted by atomic mass is 9.86. The Morgan fingerprint density at radius 1 is 0.921 bits per heavy atom. The van der Waals surface area contributed by atoms with E-state index >= 15 is 0 Å². The second-order valence-corrected chi connectivity index (χ2v) is 10.4. The molecule has 0 saturated carbocycles. The number of unbranched alkanes of at least 4 members (excludes halogenated alkanes) is 1. The molecule has 4 nitrogen and oxygen atoms in total. The van der Waals surface area contributed by atoms with Gasteiger partial charge in [0.15, 0.2) is 0 Å². The molecule has 0 aliphatic rings. The van der Waals surface area contributed by atoms with Gasteiger partial charge in [0, 0.05) is 30.0 Å². The maximum Gasteiger partial charge on any atom is 0.303 e. The van der Waals surface area contributed by atoms with E-state index in [0.29, 0.717) is 25.1 Å². The topological polar surface area (TPSA) is 49.8 Å². The summed E-state index contributed by atoms with van der Waals surface area (Å²) in [5.74, 6) is 0.344. The first kappa shape index (κ1) is 29.2. The molecule has 0 aliphatic carbocycles. The lowest BCUT2D eigenvalue weighted by molar-refractivity contribution is -0.137. The number of carbonyl (C=O) groups is 1. The predicted molar refractivity (Wildman–Crippen MR) is 158 cm³/mol. The molecule has 38 heavy (non-hydrogen) atoms. The Kier molecular flexibility index (Phi) is 11.6. The Balaban J connectivity index is 1.94. The monoisotopic (exact) mass is 513 g/mol. The summed E-state index contributed by atoms with van der Waals surface area (Å²) < 4.78 is 6.45. The molecule has 4 heteroatoms. The minimum absolute atomic E-state index is 0.183. The van der Waals surface area contributed by atoms with Gasteiger partial charge in [-0.2, -0.15) is 0 Å². The summed E-state index contributed by atoms with van der Waals surface area (Å²) in [7, 11) is 0. The number of rotatable bonds is 15. The zero-order chi connectivity index (χ0) is 27.3. The van der Waals surface area contributed by atoms with E-state index in [0.717, 1.165) is 36.3 Å². The molecule has 0 aliphatic heterocycles. The summed E-state index contributed by atoms with van der Waals surface area (Å²) in [5.41, 5.74) is 4.72. The lowest BCUT2D eigenvalue weighted by Crippen LogP contribution is -2.38. The molecule has 3 aromatic carbocycles. The molecule has 1 atom stereocenters. The van der Waals surface area contributed by atoms with Gasteiger partial charge in [0.2, 0.25) is 0 Å². The number of hydrogen-bond acceptors (Lipinski definition) is 3. The third-order valence-corrected chi connectivity index (χ3v) is 6.92. The van der Waals surface area contributed by atoms with Crippen molar-refractivity contribution in [2.75, 3.05) is 6.54 Å². The Hall–Kier alpha value is -3.37. The van der Waals surface area contributed by atoms with Crippen molar-refractivity contribution in [2.45, 2.75) is 78.0 Å². The number of aliphatic carboxylic acids is 1. The van der Waals surface area contributed by atoms with Crippen LogP contribution in [0.25, 0.3) is 6.08 Å². The average molecular weight is 514 g/mol. The third-order valence-electron chi connectivity index (χ3n) is 6.92. The molecule has 0 spiro atoms. The second-order valence-electron chi connectivity index (χ2n) is 10.4. The zero-order valence-corrected chi connectivity index (χ0v) is 23.3. The molecule has 0 saturated heterocycles. The fraction of sp³-hybridized carbons (Fsp3) is 0.382. The van der Waals surface area contributed by atoms with E-state index in [1.165, 1.54) is 11.1 Å². The average Bonchev–Trinajstić information content (AvgIpc) is 2.90. The number of carboxylic acids is 1. The molecular formula is C34H43NO3. The minimum atomic E-state index is -0.747. The summed E-state index contributed by atoms with van der Waals surface area (Å²) in [6.07, 6.45) is 6.73. The van der Waals surface area contributed by atoms with Crippen molar-refractivity contribution >= 4 is 12.0 Å². The van der Waals surface area contributed by atoms with Gasteiger partial charge in [-0.15, -0.1) is 0 Å². The van der Waals surface area contributed by atoms with Gasteiger partial charge in [0.05, 0.1) is 0 Å². The van der Waals surface area contributed by atoms with Gasteiger partial charge < -0.3 is 9.84 Å². The highest BCUT2D eigenvalue weighted by molar-refractivity contribution is 5.66. The van der Waals surface area contributed by atoms with Crippen molar-refractivity contribution in [2.24, 2.45) is 0 Å². The van der Waals surface area contributed by atoms with Gasteiger partial charge in [-0.1, -0.05) is 78.9 Å². The van der Waals surface area contributed by atoms with Gasteiger partial charge in [-0.05, 0) is 82.3 Å². The zero-order valence-electron chi connectivity index (χ0n) is 23.3. The van der Waals surface area contributed by atoms with E-state index in [1.54, 1.807) is 0 Å². The summed E-state index contributed by atoms with van der Waals surface area (Å²) in [4.78, 5) is 13.4. The number of ether oxygens (including phenoxy) is 1. The molecule has 0 fully saturated rings. The van der Waals surface area contributed by atoms with E-state index in [-0.39, 0.29) is 12.3 Å². The smallest absolute Gasteiger partial charge is 0.303 e. The number of hydrogen-bond donors (Lipinski definition) is 1. The van der Waals surface area contributed by atoms with E-state index in [2.05, 4.69) is 105 Å². The molecule has 0 radical (unpaired) electrons. The normalized spacial score (nSPS) is 12.5.